The van der Waals surface area contributed by atoms with Crippen molar-refractivity contribution < 1.29 is 14.8 Å². The summed E-state index contributed by atoms with van der Waals surface area (Å²) in [6.45, 7) is 4.08. The largest absolute Gasteiger partial charge is 0.478 e. The van der Waals surface area contributed by atoms with Gasteiger partial charge in [-0.15, -0.1) is 0 Å². The number of hydrogen-bond donors (Lipinski definition) is 1. The predicted octanol–water partition coefficient (Wildman–Crippen LogP) is 3.98. The summed E-state index contributed by atoms with van der Waals surface area (Å²) in [7, 11) is 0. The van der Waals surface area contributed by atoms with Crippen LogP contribution in [0.2, 0.25) is 0 Å². The number of carbonyl (C=O) groups is 1. The summed E-state index contributed by atoms with van der Waals surface area (Å²) in [6.07, 6.45) is 5.07. The molecule has 0 unspecified atom stereocenters. The molecule has 0 saturated heterocycles. The van der Waals surface area contributed by atoms with Crippen LogP contribution in [0.3, 0.4) is 0 Å². The SMILES string of the molecule is CCCCc1cc([N+](=O)[O-])cc(C(=O)O)c1CCCC. The number of aryl methyl sites for hydroxylation is 1. The number of hydrogen-bond acceptors (Lipinski definition) is 3. The van der Waals surface area contributed by atoms with Crippen molar-refractivity contribution in [2.45, 2.75) is 52.4 Å². The molecule has 0 aromatic heterocycles. The Morgan fingerprint density at radius 2 is 1.80 bits per heavy atom. The maximum Gasteiger partial charge on any atom is 0.336 e. The number of carboxylic acids is 1. The van der Waals surface area contributed by atoms with Crippen molar-refractivity contribution in [2.24, 2.45) is 0 Å². The maximum atomic E-state index is 11.4. The number of unbranched alkanes of at least 4 members (excludes halogenated alkanes) is 2. The Kier molecular flexibility index (Phi) is 6.15. The van der Waals surface area contributed by atoms with E-state index in [0.29, 0.717) is 12.8 Å². The first-order chi connectivity index (χ1) is 9.51. The highest BCUT2D eigenvalue weighted by molar-refractivity contribution is 5.90. The number of aromatic carboxylic acids is 1. The fourth-order valence-corrected chi connectivity index (χ4v) is 2.25. The van der Waals surface area contributed by atoms with Gasteiger partial charge in [0.1, 0.15) is 0 Å². The van der Waals surface area contributed by atoms with Crippen LogP contribution in [0.5, 0.6) is 0 Å². The number of benzene rings is 1. The molecule has 1 N–H and O–H groups in total. The van der Waals surface area contributed by atoms with Crippen LogP contribution in [0.25, 0.3) is 0 Å². The molecule has 110 valence electrons. The Bertz CT molecular complexity index is 497. The van der Waals surface area contributed by atoms with E-state index in [0.717, 1.165) is 36.8 Å². The molecule has 0 aliphatic carbocycles. The molecule has 0 spiro atoms. The van der Waals surface area contributed by atoms with Gasteiger partial charge in [-0.1, -0.05) is 26.7 Å². The van der Waals surface area contributed by atoms with Gasteiger partial charge in [0.2, 0.25) is 0 Å². The van der Waals surface area contributed by atoms with Gasteiger partial charge in [0.25, 0.3) is 5.69 Å². The third kappa shape index (κ3) is 4.05. The molecule has 0 atom stereocenters. The van der Waals surface area contributed by atoms with Crippen molar-refractivity contribution in [2.75, 3.05) is 0 Å². The Labute approximate surface area is 118 Å². The molecular weight excluding hydrogens is 258 g/mol. The number of non-ortho nitro benzene ring substituents is 1. The van der Waals surface area contributed by atoms with Gasteiger partial charge < -0.3 is 5.11 Å². The highest BCUT2D eigenvalue weighted by Gasteiger charge is 2.20. The zero-order valence-corrected chi connectivity index (χ0v) is 12.0. The fourth-order valence-electron chi connectivity index (χ4n) is 2.25. The number of carboxylic acid groups (broad SMARTS) is 1. The summed E-state index contributed by atoms with van der Waals surface area (Å²) in [5.74, 6) is -1.09. The molecule has 0 fully saturated rings. The highest BCUT2D eigenvalue weighted by atomic mass is 16.6. The minimum atomic E-state index is -1.09. The third-order valence-corrected chi connectivity index (χ3v) is 3.35. The average Bonchev–Trinajstić information content (AvgIpc) is 2.42. The molecule has 20 heavy (non-hydrogen) atoms. The van der Waals surface area contributed by atoms with Crippen molar-refractivity contribution in [3.63, 3.8) is 0 Å². The molecule has 0 aliphatic rings. The van der Waals surface area contributed by atoms with Gasteiger partial charge in [-0.3, -0.25) is 10.1 Å². The summed E-state index contributed by atoms with van der Waals surface area (Å²) >= 11 is 0. The molecule has 1 rings (SSSR count). The molecule has 1 aromatic carbocycles. The second-order valence-corrected chi connectivity index (χ2v) is 4.90. The molecule has 0 aliphatic heterocycles. The van der Waals surface area contributed by atoms with E-state index in [9.17, 15) is 20.0 Å². The van der Waals surface area contributed by atoms with Gasteiger partial charge in [0.05, 0.1) is 10.5 Å². The molecule has 0 saturated carbocycles. The molecule has 0 bridgehead atoms. The Hall–Kier alpha value is -1.91. The van der Waals surface area contributed by atoms with Crippen LogP contribution in [0.15, 0.2) is 12.1 Å². The molecule has 1 aromatic rings. The van der Waals surface area contributed by atoms with Crippen LogP contribution in [0, 0.1) is 10.1 Å². The van der Waals surface area contributed by atoms with Crippen LogP contribution in [0.1, 0.15) is 61.0 Å². The molecule has 0 amide bonds. The number of nitro benzene ring substituents is 1. The van der Waals surface area contributed by atoms with Crippen molar-refractivity contribution in [1.29, 1.82) is 0 Å². The predicted molar refractivity (Wildman–Crippen MR) is 77.3 cm³/mol. The van der Waals surface area contributed by atoms with E-state index in [1.54, 1.807) is 0 Å². The first-order valence-electron chi connectivity index (χ1n) is 7.04. The van der Waals surface area contributed by atoms with Crippen molar-refractivity contribution in [1.82, 2.24) is 0 Å². The lowest BCUT2D eigenvalue weighted by Gasteiger charge is -2.12. The van der Waals surface area contributed by atoms with E-state index in [1.807, 2.05) is 13.8 Å². The lowest BCUT2D eigenvalue weighted by Crippen LogP contribution is -2.08. The molecule has 0 heterocycles. The minimum absolute atomic E-state index is 0.0822. The molecule has 5 heteroatoms. The lowest BCUT2D eigenvalue weighted by molar-refractivity contribution is -0.385. The van der Waals surface area contributed by atoms with E-state index >= 15 is 0 Å². The number of rotatable bonds is 8. The van der Waals surface area contributed by atoms with E-state index in [4.69, 9.17) is 0 Å². The van der Waals surface area contributed by atoms with E-state index in [1.165, 1.54) is 12.1 Å². The number of nitrogens with zero attached hydrogens (tertiary/aromatic N) is 1. The Morgan fingerprint density at radius 1 is 1.20 bits per heavy atom. The quantitative estimate of drug-likeness (QED) is 0.576. The molecule has 5 nitrogen and oxygen atoms in total. The standard InChI is InChI=1S/C15H21NO4/c1-3-5-7-11-9-12(16(19)20)10-14(15(17)18)13(11)8-6-4-2/h9-10H,3-8H2,1-2H3,(H,17,18). The van der Waals surface area contributed by atoms with Gasteiger partial charge in [0, 0.05) is 12.1 Å². The van der Waals surface area contributed by atoms with Gasteiger partial charge >= 0.3 is 5.97 Å². The summed E-state index contributed by atoms with van der Waals surface area (Å²) < 4.78 is 0. The second-order valence-electron chi connectivity index (χ2n) is 4.90. The van der Waals surface area contributed by atoms with E-state index in [2.05, 4.69) is 0 Å². The Balaban J connectivity index is 3.32. The van der Waals surface area contributed by atoms with Crippen molar-refractivity contribution in [3.05, 3.63) is 38.9 Å². The fraction of sp³-hybridized carbons (Fsp3) is 0.533. The van der Waals surface area contributed by atoms with Crippen LogP contribution >= 0.6 is 0 Å². The number of nitro groups is 1. The third-order valence-electron chi connectivity index (χ3n) is 3.35. The molecular formula is C15H21NO4. The Morgan fingerprint density at radius 3 is 2.30 bits per heavy atom. The zero-order valence-electron chi connectivity index (χ0n) is 12.0. The normalized spacial score (nSPS) is 10.5. The lowest BCUT2D eigenvalue weighted by atomic mass is 9.92. The van der Waals surface area contributed by atoms with Gasteiger partial charge in [-0.05, 0) is 36.8 Å². The zero-order chi connectivity index (χ0) is 15.1. The summed E-state index contributed by atoms with van der Waals surface area (Å²) in [5.41, 5.74) is 1.53. The van der Waals surface area contributed by atoms with Gasteiger partial charge in [-0.25, -0.2) is 4.79 Å². The highest BCUT2D eigenvalue weighted by Crippen LogP contribution is 2.26. The summed E-state index contributed by atoms with van der Waals surface area (Å²) in [4.78, 5) is 21.8. The van der Waals surface area contributed by atoms with Gasteiger partial charge in [0.15, 0.2) is 0 Å². The summed E-state index contributed by atoms with van der Waals surface area (Å²) in [5, 5.41) is 20.2. The van der Waals surface area contributed by atoms with Crippen LogP contribution in [-0.4, -0.2) is 16.0 Å². The maximum absolute atomic E-state index is 11.4. The topological polar surface area (TPSA) is 80.4 Å². The van der Waals surface area contributed by atoms with E-state index < -0.39 is 10.9 Å². The second kappa shape index (κ2) is 7.62. The van der Waals surface area contributed by atoms with Crippen molar-refractivity contribution in [3.8, 4) is 0 Å². The summed E-state index contributed by atoms with van der Waals surface area (Å²) in [6, 6.07) is 2.72. The average molecular weight is 279 g/mol. The van der Waals surface area contributed by atoms with Crippen LogP contribution in [-0.2, 0) is 12.8 Å². The van der Waals surface area contributed by atoms with Crippen molar-refractivity contribution >= 4 is 11.7 Å². The van der Waals surface area contributed by atoms with Crippen LogP contribution < -0.4 is 0 Å². The monoisotopic (exact) mass is 279 g/mol. The van der Waals surface area contributed by atoms with E-state index in [-0.39, 0.29) is 11.3 Å². The minimum Gasteiger partial charge on any atom is -0.478 e. The first kappa shape index (κ1) is 16.1. The van der Waals surface area contributed by atoms with Gasteiger partial charge in [-0.2, -0.15) is 0 Å². The molecule has 0 radical (unpaired) electrons. The van der Waals surface area contributed by atoms with Crippen LogP contribution in [0.4, 0.5) is 5.69 Å². The smallest absolute Gasteiger partial charge is 0.336 e. The first-order valence-corrected chi connectivity index (χ1v) is 7.04.